The molecule has 1 N–H and O–H groups in total. The maximum Gasteiger partial charge on any atom is 0.0628 e. The maximum absolute atomic E-state index is 5.28. The molecule has 0 amide bonds. The number of nitrogens with zero attached hydrogens (tertiary/aromatic N) is 1. The van der Waals surface area contributed by atoms with Crippen LogP contribution in [0.2, 0.25) is 0 Å². The van der Waals surface area contributed by atoms with Crippen LogP contribution in [-0.2, 0) is 4.74 Å². The third-order valence-corrected chi connectivity index (χ3v) is 3.42. The zero-order valence-corrected chi connectivity index (χ0v) is 11.3. The lowest BCUT2D eigenvalue weighted by molar-refractivity contribution is 0.135. The van der Waals surface area contributed by atoms with Gasteiger partial charge in [-0.25, -0.2) is 0 Å². The highest BCUT2D eigenvalue weighted by molar-refractivity contribution is 4.83. The number of methoxy groups -OCH3 is 1. The Labute approximate surface area is 101 Å². The van der Waals surface area contributed by atoms with Gasteiger partial charge in [0.1, 0.15) is 0 Å². The lowest BCUT2D eigenvalue weighted by atomic mass is 10.1. The molecule has 0 aromatic rings. The fourth-order valence-corrected chi connectivity index (χ4v) is 2.65. The second-order valence-electron chi connectivity index (χ2n) is 5.25. The summed E-state index contributed by atoms with van der Waals surface area (Å²) in [5, 5.41) is 3.57. The number of hydrogen-bond donors (Lipinski definition) is 1. The average Bonchev–Trinajstić information content (AvgIpc) is 2.54. The molecular formula is C13H28N2O. The summed E-state index contributed by atoms with van der Waals surface area (Å²) in [6.07, 6.45) is 2.53. The Hall–Kier alpha value is -0.120. The van der Waals surface area contributed by atoms with E-state index in [1.54, 1.807) is 7.11 Å². The lowest BCUT2D eigenvalue weighted by Crippen LogP contribution is -2.45. The number of hydrogen-bond acceptors (Lipinski definition) is 3. The topological polar surface area (TPSA) is 24.5 Å². The van der Waals surface area contributed by atoms with E-state index < -0.39 is 0 Å². The second-order valence-corrected chi connectivity index (χ2v) is 5.25. The van der Waals surface area contributed by atoms with Crippen molar-refractivity contribution < 1.29 is 4.74 Å². The number of nitrogens with one attached hydrogen (secondary N) is 1. The fraction of sp³-hybridized carbons (Fsp3) is 1.00. The van der Waals surface area contributed by atoms with E-state index in [0.29, 0.717) is 6.04 Å². The summed E-state index contributed by atoms with van der Waals surface area (Å²) in [6.45, 7) is 11.2. The van der Waals surface area contributed by atoms with Gasteiger partial charge in [0.2, 0.25) is 0 Å². The van der Waals surface area contributed by atoms with Gasteiger partial charge in [-0.15, -0.1) is 0 Å². The van der Waals surface area contributed by atoms with Gasteiger partial charge < -0.3 is 10.1 Å². The van der Waals surface area contributed by atoms with Gasteiger partial charge in [-0.3, -0.25) is 4.90 Å². The highest BCUT2D eigenvalue weighted by Crippen LogP contribution is 2.22. The van der Waals surface area contributed by atoms with Crippen molar-refractivity contribution in [2.75, 3.05) is 33.4 Å². The van der Waals surface area contributed by atoms with Crippen molar-refractivity contribution in [2.45, 2.75) is 45.7 Å². The Balaban J connectivity index is 2.35. The van der Waals surface area contributed by atoms with Crippen molar-refractivity contribution in [1.82, 2.24) is 10.2 Å². The molecule has 0 spiro atoms. The van der Waals surface area contributed by atoms with Gasteiger partial charge in [0, 0.05) is 32.3 Å². The quantitative estimate of drug-likeness (QED) is 0.718. The molecule has 0 radical (unpaired) electrons. The van der Waals surface area contributed by atoms with E-state index in [9.17, 15) is 0 Å². The first-order valence-electron chi connectivity index (χ1n) is 6.63. The SMILES string of the molecule is CCCNC(COC)CN1CC(C)CC1C. The Kier molecular flexibility index (Phi) is 6.32. The first-order chi connectivity index (χ1) is 7.67. The molecule has 1 saturated heterocycles. The lowest BCUT2D eigenvalue weighted by Gasteiger charge is -2.27. The molecule has 3 unspecified atom stereocenters. The summed E-state index contributed by atoms with van der Waals surface area (Å²) in [6, 6.07) is 1.22. The Morgan fingerprint density at radius 2 is 2.19 bits per heavy atom. The van der Waals surface area contributed by atoms with E-state index in [1.807, 2.05) is 0 Å². The van der Waals surface area contributed by atoms with Crippen LogP contribution in [0.5, 0.6) is 0 Å². The highest BCUT2D eigenvalue weighted by Gasteiger charge is 2.27. The van der Waals surface area contributed by atoms with Gasteiger partial charge >= 0.3 is 0 Å². The maximum atomic E-state index is 5.28. The van der Waals surface area contributed by atoms with Crippen LogP contribution < -0.4 is 5.32 Å². The zero-order chi connectivity index (χ0) is 12.0. The molecule has 1 aliphatic heterocycles. The molecule has 3 atom stereocenters. The molecule has 16 heavy (non-hydrogen) atoms. The van der Waals surface area contributed by atoms with Gasteiger partial charge in [-0.05, 0) is 32.2 Å². The monoisotopic (exact) mass is 228 g/mol. The summed E-state index contributed by atoms with van der Waals surface area (Å²) in [5.41, 5.74) is 0. The van der Waals surface area contributed by atoms with Crippen LogP contribution in [0.25, 0.3) is 0 Å². The first kappa shape index (κ1) is 13.9. The summed E-state index contributed by atoms with van der Waals surface area (Å²) < 4.78 is 5.28. The molecule has 0 aromatic carbocycles. The van der Waals surface area contributed by atoms with E-state index in [4.69, 9.17) is 4.74 Å². The van der Waals surface area contributed by atoms with Gasteiger partial charge in [0.15, 0.2) is 0 Å². The van der Waals surface area contributed by atoms with Crippen molar-refractivity contribution in [3.8, 4) is 0 Å². The fourth-order valence-electron chi connectivity index (χ4n) is 2.65. The molecule has 96 valence electrons. The molecular weight excluding hydrogens is 200 g/mol. The standard InChI is InChI=1S/C13H28N2O/c1-5-6-14-13(10-16-4)9-15-8-11(2)7-12(15)3/h11-14H,5-10H2,1-4H3. The molecule has 0 aliphatic carbocycles. The summed E-state index contributed by atoms with van der Waals surface area (Å²) in [5.74, 6) is 0.851. The Morgan fingerprint density at radius 1 is 1.44 bits per heavy atom. The Morgan fingerprint density at radius 3 is 2.69 bits per heavy atom. The van der Waals surface area contributed by atoms with Crippen LogP contribution in [0, 0.1) is 5.92 Å². The van der Waals surface area contributed by atoms with Crippen LogP contribution in [0.15, 0.2) is 0 Å². The van der Waals surface area contributed by atoms with E-state index in [1.165, 1.54) is 19.4 Å². The number of rotatable bonds is 7. The molecule has 0 aromatic heterocycles. The van der Waals surface area contributed by atoms with Crippen molar-refractivity contribution in [1.29, 1.82) is 0 Å². The van der Waals surface area contributed by atoms with Crippen molar-refractivity contribution in [2.24, 2.45) is 5.92 Å². The largest absolute Gasteiger partial charge is 0.383 e. The third kappa shape index (κ3) is 4.40. The molecule has 1 heterocycles. The molecule has 0 bridgehead atoms. The minimum absolute atomic E-state index is 0.484. The number of ether oxygens (including phenoxy) is 1. The molecule has 3 nitrogen and oxygen atoms in total. The van der Waals surface area contributed by atoms with Crippen molar-refractivity contribution >= 4 is 0 Å². The first-order valence-corrected chi connectivity index (χ1v) is 6.63. The molecule has 3 heteroatoms. The average molecular weight is 228 g/mol. The van der Waals surface area contributed by atoms with Crippen molar-refractivity contribution in [3.05, 3.63) is 0 Å². The predicted octanol–water partition coefficient (Wildman–Crippen LogP) is 1.73. The minimum atomic E-state index is 0.484. The third-order valence-electron chi connectivity index (χ3n) is 3.42. The zero-order valence-electron chi connectivity index (χ0n) is 11.3. The summed E-state index contributed by atoms with van der Waals surface area (Å²) in [7, 11) is 1.79. The van der Waals surface area contributed by atoms with Gasteiger partial charge in [0.25, 0.3) is 0 Å². The second kappa shape index (κ2) is 7.25. The van der Waals surface area contributed by atoms with Crippen LogP contribution in [0.4, 0.5) is 0 Å². The van der Waals surface area contributed by atoms with Gasteiger partial charge in [-0.2, -0.15) is 0 Å². The van der Waals surface area contributed by atoms with E-state index in [0.717, 1.165) is 31.7 Å². The van der Waals surface area contributed by atoms with Gasteiger partial charge in [-0.1, -0.05) is 13.8 Å². The smallest absolute Gasteiger partial charge is 0.0628 e. The van der Waals surface area contributed by atoms with Crippen LogP contribution in [-0.4, -0.2) is 50.3 Å². The van der Waals surface area contributed by atoms with Crippen LogP contribution in [0.3, 0.4) is 0 Å². The van der Waals surface area contributed by atoms with E-state index >= 15 is 0 Å². The molecule has 1 rings (SSSR count). The highest BCUT2D eigenvalue weighted by atomic mass is 16.5. The van der Waals surface area contributed by atoms with Gasteiger partial charge in [0.05, 0.1) is 6.61 Å². The molecule has 1 fully saturated rings. The normalized spacial score (nSPS) is 28.5. The predicted molar refractivity (Wildman–Crippen MR) is 68.8 cm³/mol. The summed E-state index contributed by atoms with van der Waals surface area (Å²) >= 11 is 0. The minimum Gasteiger partial charge on any atom is -0.383 e. The molecule has 0 saturated carbocycles. The van der Waals surface area contributed by atoms with Crippen LogP contribution in [0.1, 0.15) is 33.6 Å². The summed E-state index contributed by atoms with van der Waals surface area (Å²) in [4.78, 5) is 2.59. The van der Waals surface area contributed by atoms with E-state index in [-0.39, 0.29) is 0 Å². The number of likely N-dealkylation sites (tertiary alicyclic amines) is 1. The Bertz CT molecular complexity index is 187. The van der Waals surface area contributed by atoms with Crippen molar-refractivity contribution in [3.63, 3.8) is 0 Å². The van der Waals surface area contributed by atoms with E-state index in [2.05, 4.69) is 31.0 Å². The molecule has 1 aliphatic rings. The van der Waals surface area contributed by atoms with Crippen LogP contribution >= 0.6 is 0 Å².